The van der Waals surface area contributed by atoms with Gasteiger partial charge in [-0.25, -0.2) is 0 Å². The first-order valence-corrected chi connectivity index (χ1v) is 17.1. The van der Waals surface area contributed by atoms with Crippen molar-refractivity contribution in [3.05, 3.63) is 0 Å². The van der Waals surface area contributed by atoms with Crippen LogP contribution in [0.2, 0.25) is 10.4 Å². The second kappa shape index (κ2) is 15.6. The van der Waals surface area contributed by atoms with Crippen LogP contribution in [-0.2, 0) is 42.9 Å². The van der Waals surface area contributed by atoms with Crippen molar-refractivity contribution < 1.29 is 42.9 Å². The zero-order valence-corrected chi connectivity index (χ0v) is 23.1. The molecule has 11 heteroatoms. The number of esters is 4. The average Bonchev–Trinajstić information content (AvgIpc) is 2.71. The molecule has 1 saturated heterocycles. The van der Waals surface area contributed by atoms with Gasteiger partial charge in [-0.1, -0.05) is 0 Å². The van der Waals surface area contributed by atoms with Crippen molar-refractivity contribution in [2.24, 2.45) is 0 Å². The fourth-order valence-corrected chi connectivity index (χ4v) is 13.2. The van der Waals surface area contributed by atoms with Gasteiger partial charge in [0.15, 0.2) is 0 Å². The quantitative estimate of drug-likeness (QED) is 0.191. The number of hydrogen-bond donors (Lipinski definition) is 0. The van der Waals surface area contributed by atoms with E-state index in [0.717, 1.165) is 36.1 Å². The predicted molar refractivity (Wildman–Crippen MR) is 125 cm³/mol. The average molecular weight is 553 g/mol. The molecule has 33 heavy (non-hydrogen) atoms. The van der Waals surface area contributed by atoms with Crippen molar-refractivity contribution in [1.82, 2.24) is 0 Å². The second-order valence-corrected chi connectivity index (χ2v) is 16.4. The first-order chi connectivity index (χ1) is 15.6. The third-order valence-corrected chi connectivity index (χ3v) is 14.1. The van der Waals surface area contributed by atoms with Crippen LogP contribution >= 0.6 is 10.0 Å². The minimum atomic E-state index is -1.44. The SMILES string of the molecule is CCCC[As](CCCC)SC1OC(COC(C)=O)C(OC(C)=O)C(OC(C)=O)C1OC(C)=O. The molecule has 5 atom stereocenters. The minimum absolute atomic E-state index is 0.189. The molecule has 0 bridgehead atoms. The van der Waals surface area contributed by atoms with Crippen LogP contribution < -0.4 is 0 Å². The van der Waals surface area contributed by atoms with Gasteiger partial charge < -0.3 is 0 Å². The number of ether oxygens (including phenoxy) is 5. The Balaban J connectivity index is 3.32. The normalized spacial score (nSPS) is 24.8. The molecule has 5 unspecified atom stereocenters. The standard InChI is InChI=1S/C22H37AsO9S/c1-7-9-11-23(12-10-8-2)33-22-21(31-17(6)27)20(30-16(5)26)19(29-15(4)25)18(32-22)13-28-14(3)24/h18-22H,7-13H2,1-6H3. The van der Waals surface area contributed by atoms with E-state index in [-0.39, 0.29) is 6.61 Å². The van der Waals surface area contributed by atoms with Crippen molar-refractivity contribution in [1.29, 1.82) is 0 Å². The van der Waals surface area contributed by atoms with E-state index in [0.29, 0.717) is 0 Å². The van der Waals surface area contributed by atoms with E-state index in [9.17, 15) is 19.2 Å². The van der Waals surface area contributed by atoms with E-state index in [1.54, 1.807) is 10.0 Å². The number of carbonyl (C=O) groups excluding carboxylic acids is 4. The van der Waals surface area contributed by atoms with Crippen LogP contribution in [-0.4, -0.2) is 73.8 Å². The van der Waals surface area contributed by atoms with Crippen LogP contribution in [0.5, 0.6) is 0 Å². The maximum atomic E-state index is 12.0. The summed E-state index contributed by atoms with van der Waals surface area (Å²) in [5.41, 5.74) is -0.640. The van der Waals surface area contributed by atoms with E-state index in [2.05, 4.69) is 13.8 Å². The Morgan fingerprint density at radius 3 is 1.70 bits per heavy atom. The molecule has 0 aromatic heterocycles. The van der Waals surface area contributed by atoms with Crippen LogP contribution in [0, 0.1) is 0 Å². The number of carbonyl (C=O) groups is 4. The first-order valence-electron chi connectivity index (χ1n) is 11.3. The zero-order valence-electron chi connectivity index (χ0n) is 20.4. The van der Waals surface area contributed by atoms with Crippen molar-refractivity contribution in [2.45, 2.75) is 107 Å². The van der Waals surface area contributed by atoms with Crippen LogP contribution in [0.15, 0.2) is 0 Å². The van der Waals surface area contributed by atoms with Crippen LogP contribution in [0.3, 0.4) is 0 Å². The van der Waals surface area contributed by atoms with Gasteiger partial charge in [0.2, 0.25) is 0 Å². The van der Waals surface area contributed by atoms with Gasteiger partial charge in [0.25, 0.3) is 0 Å². The summed E-state index contributed by atoms with van der Waals surface area (Å²) >= 11 is -1.44. The molecule has 0 radical (unpaired) electrons. The van der Waals surface area contributed by atoms with E-state index < -0.39 is 67.2 Å². The Bertz CT molecular complexity index is 652. The third-order valence-electron chi connectivity index (χ3n) is 4.72. The van der Waals surface area contributed by atoms with Gasteiger partial charge in [0.05, 0.1) is 0 Å². The Morgan fingerprint density at radius 1 is 0.758 bits per heavy atom. The molecule has 1 aliphatic heterocycles. The molecular weight excluding hydrogens is 515 g/mol. The molecule has 0 spiro atoms. The summed E-state index contributed by atoms with van der Waals surface area (Å²) in [5.74, 6) is -2.32. The molecule has 0 saturated carbocycles. The van der Waals surface area contributed by atoms with Gasteiger partial charge in [-0.15, -0.1) is 0 Å². The number of unbranched alkanes of at least 4 members (excludes halogenated alkanes) is 2. The molecule has 0 aromatic carbocycles. The van der Waals surface area contributed by atoms with Gasteiger partial charge in [0.1, 0.15) is 0 Å². The third kappa shape index (κ3) is 11.1. The molecule has 1 fully saturated rings. The second-order valence-electron chi connectivity index (χ2n) is 7.81. The first kappa shape index (κ1) is 29.8. The Hall–Kier alpha value is -1.25. The summed E-state index contributed by atoms with van der Waals surface area (Å²) in [6.45, 7) is 9.08. The van der Waals surface area contributed by atoms with Crippen LogP contribution in [0.25, 0.3) is 0 Å². The van der Waals surface area contributed by atoms with Gasteiger partial charge in [-0.05, 0) is 0 Å². The maximum absolute atomic E-state index is 12.0. The topological polar surface area (TPSA) is 114 Å². The monoisotopic (exact) mass is 552 g/mol. The summed E-state index contributed by atoms with van der Waals surface area (Å²) in [7, 11) is 1.66. The number of rotatable bonds is 13. The van der Waals surface area contributed by atoms with E-state index in [4.69, 9.17) is 23.7 Å². The summed E-state index contributed by atoms with van der Waals surface area (Å²) in [6, 6.07) is 0. The Labute approximate surface area is 204 Å². The number of hydrogen-bond acceptors (Lipinski definition) is 10. The fraction of sp³-hybridized carbons (Fsp3) is 0.818. The molecule has 1 rings (SSSR count). The van der Waals surface area contributed by atoms with Crippen LogP contribution in [0.4, 0.5) is 0 Å². The summed E-state index contributed by atoms with van der Waals surface area (Å²) in [4.78, 5) is 47.1. The van der Waals surface area contributed by atoms with Gasteiger partial charge in [-0.3, -0.25) is 0 Å². The molecular formula is C22H37AsO9S. The van der Waals surface area contributed by atoms with Crippen molar-refractivity contribution in [3.63, 3.8) is 0 Å². The van der Waals surface area contributed by atoms with Gasteiger partial charge >= 0.3 is 204 Å². The molecule has 1 aliphatic rings. The molecule has 1 heterocycles. The van der Waals surface area contributed by atoms with Crippen molar-refractivity contribution in [2.75, 3.05) is 6.61 Å². The molecule has 190 valence electrons. The van der Waals surface area contributed by atoms with E-state index >= 15 is 0 Å². The van der Waals surface area contributed by atoms with Crippen molar-refractivity contribution >= 4 is 47.4 Å². The zero-order chi connectivity index (χ0) is 25.0. The fourth-order valence-electron chi connectivity index (χ4n) is 3.31. The Morgan fingerprint density at radius 2 is 1.24 bits per heavy atom. The molecule has 0 aromatic rings. The van der Waals surface area contributed by atoms with Crippen molar-refractivity contribution in [3.8, 4) is 0 Å². The van der Waals surface area contributed by atoms with E-state index in [1.807, 2.05) is 0 Å². The summed E-state index contributed by atoms with van der Waals surface area (Å²) in [6.07, 6.45) is 0.334. The molecule has 0 aliphatic carbocycles. The summed E-state index contributed by atoms with van der Waals surface area (Å²) < 4.78 is 27.9. The van der Waals surface area contributed by atoms with Gasteiger partial charge in [0, 0.05) is 0 Å². The summed E-state index contributed by atoms with van der Waals surface area (Å²) in [5, 5.41) is 2.20. The van der Waals surface area contributed by atoms with E-state index in [1.165, 1.54) is 27.7 Å². The Kier molecular flexibility index (Phi) is 14.1. The molecule has 0 amide bonds. The predicted octanol–water partition coefficient (Wildman–Crippen LogP) is 3.39. The molecule has 9 nitrogen and oxygen atoms in total. The molecule has 0 N–H and O–H groups in total. The van der Waals surface area contributed by atoms with Gasteiger partial charge in [-0.2, -0.15) is 0 Å². The van der Waals surface area contributed by atoms with Crippen LogP contribution in [0.1, 0.15) is 67.2 Å².